The molecule has 0 aliphatic rings. The number of aromatic carboxylic acids is 1. The van der Waals surface area contributed by atoms with Crippen LogP contribution in [0.25, 0.3) is 0 Å². The fourth-order valence-electron chi connectivity index (χ4n) is 0.983. The number of carboxylic acids is 1. The maximum absolute atomic E-state index is 10.6. The lowest BCUT2D eigenvalue weighted by molar-refractivity contribution is 0.0686. The molecule has 0 aliphatic heterocycles. The van der Waals surface area contributed by atoms with Crippen LogP contribution in [0.15, 0.2) is 12.3 Å². The van der Waals surface area contributed by atoms with Crippen LogP contribution in [0.2, 0.25) is 0 Å². The minimum atomic E-state index is -0.951. The van der Waals surface area contributed by atoms with Gasteiger partial charge in [-0.15, -0.1) is 0 Å². The van der Waals surface area contributed by atoms with Crippen molar-refractivity contribution in [1.82, 2.24) is 4.57 Å². The molecule has 0 aliphatic carbocycles. The molecule has 5 nitrogen and oxygen atoms in total. The van der Waals surface area contributed by atoms with E-state index in [-0.39, 0.29) is 5.69 Å². The molecule has 1 aromatic heterocycles. The molecule has 0 atom stereocenters. The molecule has 0 fully saturated rings. The van der Waals surface area contributed by atoms with Gasteiger partial charge in [0, 0.05) is 26.0 Å². The third-order valence-corrected chi connectivity index (χ3v) is 1.57. The summed E-state index contributed by atoms with van der Waals surface area (Å²) in [6.45, 7) is 0. The van der Waals surface area contributed by atoms with Crippen molar-refractivity contribution in [3.8, 4) is 0 Å². The van der Waals surface area contributed by atoms with E-state index in [1.165, 1.54) is 25.4 Å². The summed E-state index contributed by atoms with van der Waals surface area (Å²) in [5.41, 5.74) is 0.911. The Hall–Kier alpha value is -1.43. The number of carboxylic acid groups (broad SMARTS) is 1. The summed E-state index contributed by atoms with van der Waals surface area (Å²) in [6, 6.07) is 1.53. The van der Waals surface area contributed by atoms with Crippen LogP contribution >= 0.6 is 0 Å². The third kappa shape index (κ3) is 2.25. The highest BCUT2D eigenvalue weighted by molar-refractivity contribution is 6.32. The van der Waals surface area contributed by atoms with Crippen molar-refractivity contribution in [3.05, 3.63) is 18.0 Å². The normalized spacial score (nSPS) is 9.69. The van der Waals surface area contributed by atoms with Crippen molar-refractivity contribution < 1.29 is 14.6 Å². The van der Waals surface area contributed by atoms with Crippen molar-refractivity contribution in [2.75, 3.05) is 12.3 Å². The average molecular weight is 181 g/mol. The first-order chi connectivity index (χ1) is 6.15. The van der Waals surface area contributed by atoms with E-state index in [0.717, 1.165) is 0 Å². The minimum absolute atomic E-state index is 0.229. The molecule has 0 unspecified atom stereocenters. The maximum atomic E-state index is 10.6. The minimum Gasteiger partial charge on any atom is -0.477 e. The molecule has 0 bridgehead atoms. The summed E-state index contributed by atoms with van der Waals surface area (Å²) in [5.74, 6) is -0.951. The highest BCUT2D eigenvalue weighted by Crippen LogP contribution is 2.11. The van der Waals surface area contributed by atoms with Gasteiger partial charge in [0.25, 0.3) is 0 Å². The van der Waals surface area contributed by atoms with Crippen LogP contribution in [0, 0.1) is 0 Å². The van der Waals surface area contributed by atoms with E-state index >= 15 is 0 Å². The Morgan fingerprint density at radius 2 is 2.46 bits per heavy atom. The van der Waals surface area contributed by atoms with Gasteiger partial charge in [-0.1, -0.05) is 0 Å². The van der Waals surface area contributed by atoms with Gasteiger partial charge in [0.2, 0.25) is 0 Å². The standard InChI is InChI=1S/C7H10BN2O3/c1-10-4-5(9-8-13-2)3-6(10)7(11)12/h3-4,9H,1-2H3,(H,11,12). The molecule has 69 valence electrons. The number of aryl methyl sites for hydroxylation is 1. The van der Waals surface area contributed by atoms with Crippen LogP contribution in [0.1, 0.15) is 10.5 Å². The smallest absolute Gasteiger partial charge is 0.435 e. The van der Waals surface area contributed by atoms with Crippen molar-refractivity contribution in [3.63, 3.8) is 0 Å². The van der Waals surface area contributed by atoms with E-state index in [9.17, 15) is 4.79 Å². The number of aromatic nitrogens is 1. The number of nitrogens with one attached hydrogen (secondary N) is 1. The first-order valence-corrected chi connectivity index (χ1v) is 3.66. The second-order valence-electron chi connectivity index (χ2n) is 2.53. The van der Waals surface area contributed by atoms with Crippen molar-refractivity contribution >= 4 is 19.3 Å². The summed E-state index contributed by atoms with van der Waals surface area (Å²) in [6.07, 6.45) is 1.67. The number of carbonyl (C=O) groups is 1. The zero-order valence-corrected chi connectivity index (χ0v) is 7.44. The van der Waals surface area contributed by atoms with E-state index in [1.54, 1.807) is 13.2 Å². The van der Waals surface area contributed by atoms with Crippen LogP contribution in [-0.4, -0.2) is 30.4 Å². The van der Waals surface area contributed by atoms with Gasteiger partial charge in [0.1, 0.15) is 5.69 Å². The van der Waals surface area contributed by atoms with Gasteiger partial charge in [0.15, 0.2) is 0 Å². The molecule has 0 saturated heterocycles. The van der Waals surface area contributed by atoms with E-state index in [2.05, 4.69) is 9.88 Å². The summed E-state index contributed by atoms with van der Waals surface area (Å²) in [7, 11) is 4.55. The molecule has 0 amide bonds. The molecule has 13 heavy (non-hydrogen) atoms. The second kappa shape index (κ2) is 4.00. The maximum Gasteiger partial charge on any atom is 0.435 e. The number of anilines is 1. The van der Waals surface area contributed by atoms with Gasteiger partial charge in [-0.25, -0.2) is 4.79 Å². The van der Waals surface area contributed by atoms with E-state index < -0.39 is 5.97 Å². The predicted molar refractivity (Wildman–Crippen MR) is 48.8 cm³/mol. The lowest BCUT2D eigenvalue weighted by Crippen LogP contribution is -2.07. The quantitative estimate of drug-likeness (QED) is 0.656. The number of hydrogen-bond donors (Lipinski definition) is 2. The van der Waals surface area contributed by atoms with Crippen LogP contribution in [-0.2, 0) is 11.7 Å². The number of hydrogen-bond acceptors (Lipinski definition) is 3. The molecule has 0 aromatic carbocycles. The molecule has 6 heteroatoms. The highest BCUT2D eigenvalue weighted by Gasteiger charge is 2.09. The molecule has 0 saturated carbocycles. The average Bonchev–Trinajstić information content (AvgIpc) is 2.43. The van der Waals surface area contributed by atoms with Gasteiger partial charge in [-0.05, 0) is 6.07 Å². The Balaban J connectivity index is 2.76. The topological polar surface area (TPSA) is 63.5 Å². The Kier molecular flexibility index (Phi) is 2.97. The molecule has 0 spiro atoms. The molecule has 1 heterocycles. The second-order valence-corrected chi connectivity index (χ2v) is 2.53. The molecule has 2 N–H and O–H groups in total. The highest BCUT2D eigenvalue weighted by atomic mass is 16.4. The van der Waals surface area contributed by atoms with E-state index in [0.29, 0.717) is 5.69 Å². The fraction of sp³-hybridized carbons (Fsp3) is 0.286. The first-order valence-electron chi connectivity index (χ1n) is 3.66. The van der Waals surface area contributed by atoms with Crippen LogP contribution in [0.4, 0.5) is 5.69 Å². The Morgan fingerprint density at radius 3 is 2.92 bits per heavy atom. The lowest BCUT2D eigenvalue weighted by atomic mass is 10.2. The predicted octanol–water partition coefficient (Wildman–Crippen LogP) is 0.316. The fourth-order valence-corrected chi connectivity index (χ4v) is 0.983. The monoisotopic (exact) mass is 181 g/mol. The zero-order valence-electron chi connectivity index (χ0n) is 7.44. The largest absolute Gasteiger partial charge is 0.477 e. The van der Waals surface area contributed by atoms with Gasteiger partial charge < -0.3 is 19.6 Å². The first kappa shape index (κ1) is 9.66. The van der Waals surface area contributed by atoms with Gasteiger partial charge in [0.05, 0.1) is 0 Å². The molecular formula is C7H10BN2O3. The van der Waals surface area contributed by atoms with E-state index in [1.807, 2.05) is 0 Å². The molecule has 1 radical (unpaired) electrons. The molecule has 1 rings (SSSR count). The molecule has 1 aromatic rings. The number of rotatable bonds is 4. The summed E-state index contributed by atoms with van der Waals surface area (Å²) < 4.78 is 6.18. The van der Waals surface area contributed by atoms with Crippen LogP contribution in [0.3, 0.4) is 0 Å². The van der Waals surface area contributed by atoms with Crippen LogP contribution < -0.4 is 5.23 Å². The SMILES string of the molecule is CO[B]Nc1cc(C(=O)O)n(C)c1. The lowest BCUT2D eigenvalue weighted by Gasteiger charge is -1.96. The Morgan fingerprint density at radius 1 is 1.77 bits per heavy atom. The van der Waals surface area contributed by atoms with Gasteiger partial charge >= 0.3 is 13.6 Å². The molecular weight excluding hydrogens is 171 g/mol. The van der Waals surface area contributed by atoms with Crippen LogP contribution in [0.5, 0.6) is 0 Å². The summed E-state index contributed by atoms with van der Waals surface area (Å²) in [4.78, 5) is 10.6. The Labute approximate surface area is 76.6 Å². The van der Waals surface area contributed by atoms with Crippen molar-refractivity contribution in [2.45, 2.75) is 0 Å². The Bertz CT molecular complexity index is 311. The van der Waals surface area contributed by atoms with E-state index in [4.69, 9.17) is 5.11 Å². The third-order valence-electron chi connectivity index (χ3n) is 1.57. The summed E-state index contributed by atoms with van der Waals surface area (Å²) in [5, 5.41) is 11.5. The summed E-state index contributed by atoms with van der Waals surface area (Å²) >= 11 is 0. The van der Waals surface area contributed by atoms with Gasteiger partial charge in [-0.3, -0.25) is 0 Å². The van der Waals surface area contributed by atoms with Gasteiger partial charge in [-0.2, -0.15) is 0 Å². The zero-order chi connectivity index (χ0) is 9.84. The van der Waals surface area contributed by atoms with Crippen molar-refractivity contribution in [2.24, 2.45) is 7.05 Å². The number of nitrogens with zero attached hydrogens (tertiary/aromatic N) is 1. The van der Waals surface area contributed by atoms with Crippen molar-refractivity contribution in [1.29, 1.82) is 0 Å².